The van der Waals surface area contributed by atoms with E-state index in [1.165, 1.54) is 4.90 Å². The smallest absolute Gasteiger partial charge is 0.408 e. The molecule has 3 aliphatic carbocycles. The fourth-order valence-corrected chi connectivity index (χ4v) is 8.71. The molecule has 17 heteroatoms. The first-order chi connectivity index (χ1) is 25.6. The number of halogens is 2. The Balaban J connectivity index is 1.16. The molecule has 4 amide bonds. The zero-order valence-electron chi connectivity index (χ0n) is 30.0. The number of likely N-dealkylation sites (tertiary alicyclic amines) is 1. The standard InChI is InChI=1S/C37H43F2N5O9S/c1-36(2,3)30(40-35(48)52-20-14-15-51-19-20)33(46)44-18-21(53-42-29-25-10-6-4-8-23(25)24-9-5-7-11-26(24)29)16-28(44)32(45)41-37(17-27(37)31(38)39)34(47)43-54(49,50)22-12-13-22/h4-11,20-22,27-28,30-31H,12-19H2,1-3H3,(H,40,48)(H,41,45)(H,43,47)/t20-,21-,27+,28+,30-,37+/m1/s1. The zero-order valence-corrected chi connectivity index (χ0v) is 30.9. The maximum absolute atomic E-state index is 14.5. The number of alkyl carbamates (subject to hydrolysis) is 1. The Hall–Kier alpha value is -4.64. The predicted molar refractivity (Wildman–Crippen MR) is 190 cm³/mol. The summed E-state index contributed by atoms with van der Waals surface area (Å²) in [5.74, 6) is -4.55. The van der Waals surface area contributed by atoms with Crippen LogP contribution in [0.5, 0.6) is 0 Å². The second-order valence-corrected chi connectivity index (χ2v) is 17.6. The van der Waals surface area contributed by atoms with Crippen LogP contribution >= 0.6 is 0 Å². The quantitative estimate of drug-likeness (QED) is 0.247. The average molecular weight is 772 g/mol. The van der Waals surface area contributed by atoms with Crippen LogP contribution in [0.25, 0.3) is 11.1 Å². The average Bonchev–Trinajstić information content (AvgIpc) is 3.97. The van der Waals surface area contributed by atoms with Crippen molar-refractivity contribution >= 4 is 39.5 Å². The minimum Gasteiger partial charge on any atom is -0.444 e. The van der Waals surface area contributed by atoms with E-state index in [0.29, 0.717) is 31.6 Å². The molecule has 0 radical (unpaired) electrons. The summed E-state index contributed by atoms with van der Waals surface area (Å²) in [5, 5.41) is 8.74. The lowest BCUT2D eigenvalue weighted by Crippen LogP contribution is -2.60. The van der Waals surface area contributed by atoms with Gasteiger partial charge in [-0.15, -0.1) is 0 Å². The number of oxime groups is 1. The van der Waals surface area contributed by atoms with E-state index in [1.807, 2.05) is 53.3 Å². The number of sulfonamides is 1. The van der Waals surface area contributed by atoms with E-state index in [4.69, 9.17) is 14.3 Å². The molecule has 2 heterocycles. The molecule has 290 valence electrons. The molecule has 6 atom stereocenters. The van der Waals surface area contributed by atoms with Gasteiger partial charge >= 0.3 is 6.09 Å². The molecule has 0 spiro atoms. The molecule has 7 rings (SSSR count). The van der Waals surface area contributed by atoms with Crippen molar-refractivity contribution in [1.29, 1.82) is 0 Å². The van der Waals surface area contributed by atoms with E-state index in [9.17, 15) is 36.4 Å². The number of carbonyl (C=O) groups is 4. The molecule has 2 aromatic carbocycles. The van der Waals surface area contributed by atoms with Gasteiger partial charge in [0.05, 0.1) is 30.9 Å². The number of nitrogens with one attached hydrogen (secondary N) is 3. The molecule has 2 saturated carbocycles. The van der Waals surface area contributed by atoms with Crippen LogP contribution in [0.2, 0.25) is 0 Å². The topological polar surface area (TPSA) is 182 Å². The van der Waals surface area contributed by atoms with E-state index < -0.39 is 93.1 Å². The van der Waals surface area contributed by atoms with Gasteiger partial charge in [-0.2, -0.15) is 0 Å². The number of ether oxygens (including phenoxy) is 2. The molecule has 54 heavy (non-hydrogen) atoms. The van der Waals surface area contributed by atoms with Crippen molar-refractivity contribution in [1.82, 2.24) is 20.3 Å². The summed E-state index contributed by atoms with van der Waals surface area (Å²) in [6.07, 6.45) is -4.80. The van der Waals surface area contributed by atoms with Gasteiger partial charge < -0.3 is 29.8 Å². The number of fused-ring (bicyclic) bond motifs is 3. The lowest BCUT2D eigenvalue weighted by Gasteiger charge is -2.35. The second kappa shape index (κ2) is 14.2. The third kappa shape index (κ3) is 7.39. The van der Waals surface area contributed by atoms with Crippen molar-refractivity contribution in [3.8, 4) is 11.1 Å². The summed E-state index contributed by atoms with van der Waals surface area (Å²) in [5.41, 5.74) is 0.978. The Labute approximate surface area is 311 Å². The molecule has 4 fully saturated rings. The fourth-order valence-electron chi connectivity index (χ4n) is 7.35. The highest BCUT2D eigenvalue weighted by atomic mass is 32.2. The number of nitrogens with zero attached hydrogens (tertiary/aromatic N) is 2. The number of hydrogen-bond acceptors (Lipinski definition) is 10. The van der Waals surface area contributed by atoms with Crippen LogP contribution in [0.3, 0.4) is 0 Å². The van der Waals surface area contributed by atoms with E-state index >= 15 is 0 Å². The molecule has 0 bridgehead atoms. The van der Waals surface area contributed by atoms with E-state index in [0.717, 1.165) is 22.3 Å². The minimum absolute atomic E-state index is 0.157. The van der Waals surface area contributed by atoms with Crippen LogP contribution in [0, 0.1) is 11.3 Å². The molecule has 0 aromatic heterocycles. The number of rotatable bonds is 11. The summed E-state index contributed by atoms with van der Waals surface area (Å²) in [7, 11) is -4.13. The van der Waals surface area contributed by atoms with Gasteiger partial charge in [-0.3, -0.25) is 19.1 Å². The largest absolute Gasteiger partial charge is 0.444 e. The number of amides is 4. The Bertz CT molecular complexity index is 1930. The summed E-state index contributed by atoms with van der Waals surface area (Å²) in [4.78, 5) is 62.2. The maximum Gasteiger partial charge on any atom is 0.408 e. The van der Waals surface area contributed by atoms with Gasteiger partial charge in [-0.1, -0.05) is 74.5 Å². The minimum atomic E-state index is -4.13. The number of carbonyl (C=O) groups excluding carboxylic acids is 4. The van der Waals surface area contributed by atoms with Gasteiger partial charge in [0.15, 0.2) is 0 Å². The van der Waals surface area contributed by atoms with E-state index in [1.54, 1.807) is 20.8 Å². The van der Waals surface area contributed by atoms with Crippen LogP contribution in [0.15, 0.2) is 53.7 Å². The molecule has 0 unspecified atom stereocenters. The third-order valence-electron chi connectivity index (χ3n) is 10.6. The fraction of sp³-hybridized carbons (Fsp3) is 0.541. The highest BCUT2D eigenvalue weighted by molar-refractivity contribution is 7.91. The maximum atomic E-state index is 14.5. The van der Waals surface area contributed by atoms with Crippen molar-refractivity contribution in [3.05, 3.63) is 59.7 Å². The normalized spacial score (nSPS) is 26.4. The van der Waals surface area contributed by atoms with Crippen molar-refractivity contribution in [2.45, 2.75) is 94.4 Å². The third-order valence-corrected chi connectivity index (χ3v) is 12.4. The Morgan fingerprint density at radius 1 is 0.963 bits per heavy atom. The number of alkyl halides is 2. The SMILES string of the molecule is CC(C)(C)[C@H](NC(=O)O[C@@H]1CCOC1)C(=O)N1C[C@H](ON=C2c3ccccc3-c3ccccc32)C[C@H]1C(=O)N[C@@]1(C(=O)NS(=O)(=O)C2CC2)C[C@H]1C(F)F. The van der Waals surface area contributed by atoms with Gasteiger partial charge in [0.25, 0.3) is 5.91 Å². The first-order valence-corrected chi connectivity index (χ1v) is 19.6. The van der Waals surface area contributed by atoms with Crippen molar-refractivity contribution < 1.29 is 50.7 Å². The number of hydrogen-bond donors (Lipinski definition) is 3. The molecule has 2 aliphatic heterocycles. The lowest BCUT2D eigenvalue weighted by molar-refractivity contribution is -0.143. The van der Waals surface area contributed by atoms with Gasteiger partial charge in [0, 0.05) is 24.0 Å². The molecule has 14 nitrogen and oxygen atoms in total. The highest BCUT2D eigenvalue weighted by Crippen LogP contribution is 2.48. The van der Waals surface area contributed by atoms with Gasteiger partial charge in [0.2, 0.25) is 28.3 Å². The van der Waals surface area contributed by atoms with E-state index in [-0.39, 0.29) is 19.6 Å². The number of benzene rings is 2. The van der Waals surface area contributed by atoms with Crippen molar-refractivity contribution in [2.24, 2.45) is 16.5 Å². The second-order valence-electron chi connectivity index (χ2n) is 15.6. The molecule has 3 N–H and O–H groups in total. The van der Waals surface area contributed by atoms with Crippen LogP contribution in [-0.2, 0) is 38.7 Å². The highest BCUT2D eigenvalue weighted by Gasteiger charge is 2.67. The summed E-state index contributed by atoms with van der Waals surface area (Å²) in [6, 6.07) is 12.7. The van der Waals surface area contributed by atoms with E-state index in [2.05, 4.69) is 15.8 Å². The van der Waals surface area contributed by atoms with Crippen LogP contribution in [-0.4, -0.2) is 104 Å². The zero-order chi connectivity index (χ0) is 38.6. The molecule has 5 aliphatic rings. The van der Waals surface area contributed by atoms with Crippen molar-refractivity contribution in [2.75, 3.05) is 19.8 Å². The van der Waals surface area contributed by atoms with Crippen LogP contribution in [0.1, 0.15) is 64.0 Å². The van der Waals surface area contributed by atoms with Gasteiger partial charge in [-0.05, 0) is 35.8 Å². The Kier molecular flexibility index (Phi) is 9.91. The summed E-state index contributed by atoms with van der Waals surface area (Å²) in [6.45, 7) is 5.59. The monoisotopic (exact) mass is 771 g/mol. The van der Waals surface area contributed by atoms with Crippen molar-refractivity contribution in [3.63, 3.8) is 0 Å². The van der Waals surface area contributed by atoms with Gasteiger partial charge in [0.1, 0.15) is 35.5 Å². The molecular formula is C37H43F2N5O9S. The molecular weight excluding hydrogens is 728 g/mol. The van der Waals surface area contributed by atoms with Gasteiger partial charge in [-0.25, -0.2) is 22.0 Å². The molecule has 2 aromatic rings. The molecule has 2 saturated heterocycles. The first kappa shape index (κ1) is 37.7. The van der Waals surface area contributed by atoms with Crippen LogP contribution in [0.4, 0.5) is 13.6 Å². The lowest BCUT2D eigenvalue weighted by atomic mass is 9.85. The summed E-state index contributed by atoms with van der Waals surface area (Å²) >= 11 is 0. The Morgan fingerprint density at radius 3 is 2.13 bits per heavy atom. The first-order valence-electron chi connectivity index (χ1n) is 18.0. The Morgan fingerprint density at radius 2 is 1.59 bits per heavy atom. The van der Waals surface area contributed by atoms with Crippen LogP contribution < -0.4 is 15.4 Å². The predicted octanol–water partition coefficient (Wildman–Crippen LogP) is 3.08. The summed E-state index contributed by atoms with van der Waals surface area (Å²) < 4.78 is 66.1.